The summed E-state index contributed by atoms with van der Waals surface area (Å²) in [5.74, 6) is 0.603. The molecule has 3 N–H and O–H groups in total. The SMILES string of the molecule is C[C@@H]1C[C@H]([C@H](NS(=O)(=O)C(F)(F)F)C(C)(C)O)O[C@H]2[C@H]1[C@@]1(C)CC[C@@]34C[C@@]35CC[C@H](O[C@H]3CN(C6COC6)CCO3)C(C)(C)[C@@H]5CC[C@H]4[C@]1(C)[C@H]2O. The van der Waals surface area contributed by atoms with Crippen molar-refractivity contribution in [2.24, 2.45) is 50.7 Å². The van der Waals surface area contributed by atoms with Crippen molar-refractivity contribution in [1.29, 1.82) is 0 Å². The number of fused-ring (bicyclic) bond motifs is 4. The van der Waals surface area contributed by atoms with E-state index >= 15 is 0 Å². The standard InChI is InChI=1S/C38H61F3N2O8S/c1-21-16-23(30(33(4,5)45)42-52(46,47)38(39,40)41)50-29-28(21)34(6)12-13-37-20-36(37)11-10-26(51-27-17-43(14-15-49-27)22-18-48-19-22)32(2,3)24(36)8-9-25(37)35(34,7)31(29)44/h21-31,42,44-45H,8-20H2,1-7H3/t21-,23-,24+,25+,26+,27+,28+,29+,30+,31+,34-,35-,36-,37+/m1/s1. The number of nitrogens with zero attached hydrogens (tertiary/aromatic N) is 1. The topological polar surface area (TPSA) is 127 Å². The summed E-state index contributed by atoms with van der Waals surface area (Å²) in [6.07, 6.45) is 4.74. The molecule has 3 heterocycles. The monoisotopic (exact) mass is 762 g/mol. The van der Waals surface area contributed by atoms with Crippen LogP contribution in [-0.2, 0) is 29.0 Å². The molecule has 0 aromatic carbocycles. The molecule has 5 aliphatic carbocycles. The number of alkyl halides is 3. The molecule has 8 fully saturated rings. The van der Waals surface area contributed by atoms with E-state index in [0.717, 1.165) is 71.2 Å². The average Bonchev–Trinajstić information content (AvgIpc) is 3.64. The summed E-state index contributed by atoms with van der Waals surface area (Å²) >= 11 is 0. The van der Waals surface area contributed by atoms with Crippen LogP contribution >= 0.6 is 0 Å². The molecule has 5 saturated carbocycles. The molecule has 298 valence electrons. The van der Waals surface area contributed by atoms with Crippen LogP contribution in [0.1, 0.15) is 99.8 Å². The van der Waals surface area contributed by atoms with Gasteiger partial charge in [-0.2, -0.15) is 17.9 Å². The minimum absolute atomic E-state index is 0.0530. The summed E-state index contributed by atoms with van der Waals surface area (Å²) in [6.45, 7) is 17.9. The van der Waals surface area contributed by atoms with Crippen molar-refractivity contribution in [2.75, 3.05) is 32.9 Å². The van der Waals surface area contributed by atoms with Gasteiger partial charge in [0.1, 0.15) is 0 Å². The number of sulfonamides is 1. The molecule has 0 aromatic rings. The minimum Gasteiger partial charge on any atom is -0.390 e. The van der Waals surface area contributed by atoms with Crippen molar-refractivity contribution in [2.45, 2.75) is 154 Å². The first kappa shape index (κ1) is 38.3. The minimum atomic E-state index is -5.76. The molecule has 0 unspecified atom stereocenters. The van der Waals surface area contributed by atoms with E-state index in [1.54, 1.807) is 4.72 Å². The van der Waals surface area contributed by atoms with Crippen molar-refractivity contribution in [3.63, 3.8) is 0 Å². The highest BCUT2D eigenvalue weighted by atomic mass is 32.2. The fourth-order valence-electron chi connectivity index (χ4n) is 14.3. The second kappa shape index (κ2) is 12.0. The Balaban J connectivity index is 1.03. The lowest BCUT2D eigenvalue weighted by Gasteiger charge is -2.64. The predicted molar refractivity (Wildman–Crippen MR) is 185 cm³/mol. The highest BCUT2D eigenvalue weighted by Crippen LogP contribution is 2.89. The van der Waals surface area contributed by atoms with Crippen LogP contribution in [0.4, 0.5) is 13.2 Å². The molecule has 0 aromatic heterocycles. The van der Waals surface area contributed by atoms with Crippen LogP contribution in [0.25, 0.3) is 0 Å². The van der Waals surface area contributed by atoms with Gasteiger partial charge in [-0.1, -0.05) is 34.6 Å². The molecule has 14 heteroatoms. The van der Waals surface area contributed by atoms with Gasteiger partial charge >= 0.3 is 15.5 Å². The molecule has 10 nitrogen and oxygen atoms in total. The first-order valence-electron chi connectivity index (χ1n) is 19.8. The largest absolute Gasteiger partial charge is 0.511 e. The van der Waals surface area contributed by atoms with Crippen LogP contribution in [-0.4, -0.2) is 110 Å². The van der Waals surface area contributed by atoms with E-state index in [4.69, 9.17) is 18.9 Å². The molecule has 0 amide bonds. The number of hydrogen-bond acceptors (Lipinski definition) is 9. The van der Waals surface area contributed by atoms with Gasteiger partial charge in [0.25, 0.3) is 0 Å². The van der Waals surface area contributed by atoms with Gasteiger partial charge in [-0.05, 0) is 111 Å². The molecule has 0 bridgehead atoms. The van der Waals surface area contributed by atoms with Gasteiger partial charge in [0.15, 0.2) is 6.29 Å². The first-order chi connectivity index (χ1) is 24.0. The Bertz CT molecular complexity index is 1520. The molecule has 3 aliphatic heterocycles. The Labute approximate surface area is 307 Å². The summed E-state index contributed by atoms with van der Waals surface area (Å²) in [6, 6.07) is -1.10. The van der Waals surface area contributed by atoms with Gasteiger partial charge in [-0.15, -0.1) is 0 Å². The Morgan fingerprint density at radius 3 is 2.31 bits per heavy atom. The Kier molecular flexibility index (Phi) is 8.82. The van der Waals surface area contributed by atoms with Crippen LogP contribution < -0.4 is 4.72 Å². The smallest absolute Gasteiger partial charge is 0.390 e. The van der Waals surface area contributed by atoms with Gasteiger partial charge in [0.2, 0.25) is 0 Å². The van der Waals surface area contributed by atoms with Gasteiger partial charge in [0.05, 0.1) is 68.5 Å². The lowest BCUT2D eigenvalue weighted by atomic mass is 9.41. The van der Waals surface area contributed by atoms with E-state index in [2.05, 4.69) is 39.5 Å². The second-order valence-corrected chi connectivity index (χ2v) is 21.6. The molecule has 8 rings (SSSR count). The number of nitrogens with one attached hydrogen (secondary N) is 1. The number of rotatable bonds is 7. The summed E-state index contributed by atoms with van der Waals surface area (Å²) in [7, 11) is -5.76. The molecule has 0 radical (unpaired) electrons. The van der Waals surface area contributed by atoms with Gasteiger partial charge in [-0.3, -0.25) is 4.90 Å². The third-order valence-corrected chi connectivity index (χ3v) is 18.2. The fraction of sp³-hybridized carbons (Fsp3) is 1.00. The maximum Gasteiger partial charge on any atom is 0.511 e. The Hall–Kier alpha value is -0.580. The van der Waals surface area contributed by atoms with Crippen molar-refractivity contribution >= 4 is 10.0 Å². The third-order valence-electron chi connectivity index (χ3n) is 17.0. The summed E-state index contributed by atoms with van der Waals surface area (Å²) in [5.41, 5.74) is -7.95. The molecule has 8 aliphatic rings. The summed E-state index contributed by atoms with van der Waals surface area (Å²) < 4.78 is 91.9. The number of aliphatic hydroxyl groups is 2. The van der Waals surface area contributed by atoms with E-state index in [1.807, 2.05) is 0 Å². The van der Waals surface area contributed by atoms with Crippen molar-refractivity contribution < 1.29 is 50.7 Å². The zero-order valence-electron chi connectivity index (χ0n) is 31.9. The molecule has 52 heavy (non-hydrogen) atoms. The molecule has 2 spiro atoms. The number of aliphatic hydroxyl groups excluding tert-OH is 1. The van der Waals surface area contributed by atoms with Crippen molar-refractivity contribution in [3.8, 4) is 0 Å². The fourth-order valence-corrected chi connectivity index (χ4v) is 15.3. The predicted octanol–water partition coefficient (Wildman–Crippen LogP) is 4.82. The highest BCUT2D eigenvalue weighted by molar-refractivity contribution is 7.90. The quantitative estimate of drug-likeness (QED) is 0.335. The zero-order valence-corrected chi connectivity index (χ0v) is 32.7. The summed E-state index contributed by atoms with van der Waals surface area (Å²) in [5, 5.41) is 23.6. The Morgan fingerprint density at radius 2 is 1.67 bits per heavy atom. The van der Waals surface area contributed by atoms with Crippen molar-refractivity contribution in [3.05, 3.63) is 0 Å². The first-order valence-corrected chi connectivity index (χ1v) is 21.3. The number of morpholine rings is 1. The summed E-state index contributed by atoms with van der Waals surface area (Å²) in [4.78, 5) is 2.44. The number of hydrogen-bond donors (Lipinski definition) is 3. The molecule has 3 saturated heterocycles. The van der Waals surface area contributed by atoms with E-state index in [0.29, 0.717) is 18.6 Å². The van der Waals surface area contributed by atoms with E-state index in [1.165, 1.54) is 13.8 Å². The molecular weight excluding hydrogens is 701 g/mol. The second-order valence-electron chi connectivity index (χ2n) is 19.9. The zero-order chi connectivity index (χ0) is 37.7. The molecule has 14 atom stereocenters. The normalized spacial score (nSPS) is 49.8. The van der Waals surface area contributed by atoms with Crippen LogP contribution in [0.3, 0.4) is 0 Å². The van der Waals surface area contributed by atoms with Crippen LogP contribution in [0.5, 0.6) is 0 Å². The average molecular weight is 763 g/mol. The van der Waals surface area contributed by atoms with E-state index in [9.17, 15) is 31.8 Å². The van der Waals surface area contributed by atoms with Gasteiger partial charge < -0.3 is 29.2 Å². The molecular formula is C38H61F3N2O8S. The van der Waals surface area contributed by atoms with Gasteiger partial charge in [-0.25, -0.2) is 8.42 Å². The number of ether oxygens (including phenoxy) is 4. The Morgan fingerprint density at radius 1 is 1.00 bits per heavy atom. The lowest BCUT2D eigenvalue weighted by Crippen LogP contribution is -2.61. The van der Waals surface area contributed by atoms with Crippen LogP contribution in [0.2, 0.25) is 0 Å². The van der Waals surface area contributed by atoms with Gasteiger partial charge in [0, 0.05) is 12.0 Å². The number of halogens is 3. The highest BCUT2D eigenvalue weighted by Gasteiger charge is 2.84. The van der Waals surface area contributed by atoms with Crippen molar-refractivity contribution in [1.82, 2.24) is 9.62 Å². The lowest BCUT2D eigenvalue weighted by molar-refractivity contribution is -0.256. The van der Waals surface area contributed by atoms with Crippen LogP contribution in [0, 0.1) is 50.7 Å². The maximum absolute atomic E-state index is 13.5. The van der Waals surface area contributed by atoms with E-state index in [-0.39, 0.29) is 58.2 Å². The third kappa shape index (κ3) is 5.19. The van der Waals surface area contributed by atoms with E-state index < -0.39 is 50.9 Å². The maximum atomic E-state index is 13.5. The van der Waals surface area contributed by atoms with Crippen LogP contribution in [0.15, 0.2) is 0 Å².